The molecule has 8 N–H and O–H groups in total. The van der Waals surface area contributed by atoms with Crippen molar-refractivity contribution in [3.8, 4) is 0 Å². The third kappa shape index (κ3) is 2.74. The van der Waals surface area contributed by atoms with Crippen LogP contribution in [0.4, 0.5) is 9.59 Å². The second-order valence-corrected chi connectivity index (χ2v) is 3.76. The van der Waals surface area contributed by atoms with Crippen molar-refractivity contribution in [2.75, 3.05) is 0 Å². The van der Waals surface area contributed by atoms with Gasteiger partial charge in [0.15, 0.2) is 0 Å². The van der Waals surface area contributed by atoms with Crippen LogP contribution < -0.4 is 23.2 Å². The van der Waals surface area contributed by atoms with Gasteiger partial charge in [-0.3, -0.25) is 10.0 Å². The van der Waals surface area contributed by atoms with Crippen molar-refractivity contribution < 1.29 is 9.59 Å². The molecule has 0 spiro atoms. The van der Waals surface area contributed by atoms with Crippen molar-refractivity contribution in [1.29, 1.82) is 0 Å². The van der Waals surface area contributed by atoms with Crippen molar-refractivity contribution in [3.05, 3.63) is 6.42 Å². The van der Waals surface area contributed by atoms with E-state index in [4.69, 9.17) is 23.2 Å². The smallest absolute Gasteiger partial charge is 0.329 e. The maximum atomic E-state index is 10.9. The minimum Gasteiger partial charge on any atom is -0.350 e. The summed E-state index contributed by atoms with van der Waals surface area (Å²) in [6, 6.07) is -1.96. The number of primary amides is 2. The summed E-state index contributed by atoms with van der Waals surface area (Å²) in [7, 11) is 0. The Balaban J connectivity index is 2.60. The van der Waals surface area contributed by atoms with Gasteiger partial charge in [-0.1, -0.05) is 0 Å². The van der Waals surface area contributed by atoms with E-state index in [2.05, 4.69) is 0 Å². The van der Waals surface area contributed by atoms with Crippen LogP contribution in [-0.4, -0.2) is 34.2 Å². The molecule has 1 aliphatic rings. The van der Waals surface area contributed by atoms with Gasteiger partial charge in [0.2, 0.25) is 0 Å². The topological polar surface area (TPSA) is 145 Å². The molecule has 91 valence electrons. The molecule has 16 heavy (non-hydrogen) atoms. The number of hydrazine groups is 2. The molecule has 1 rings (SSSR count). The second-order valence-electron chi connectivity index (χ2n) is 3.76. The van der Waals surface area contributed by atoms with Gasteiger partial charge < -0.3 is 11.5 Å². The number of urea groups is 2. The number of nitrogens with two attached hydrogens (primary N) is 4. The lowest BCUT2D eigenvalue weighted by atomic mass is 9.90. The van der Waals surface area contributed by atoms with Gasteiger partial charge in [0.25, 0.3) is 0 Å². The van der Waals surface area contributed by atoms with E-state index in [9.17, 15) is 9.59 Å². The van der Waals surface area contributed by atoms with E-state index in [1.54, 1.807) is 0 Å². The zero-order valence-corrected chi connectivity index (χ0v) is 8.87. The maximum absolute atomic E-state index is 10.9. The summed E-state index contributed by atoms with van der Waals surface area (Å²) in [6.07, 6.45) is 3.70. The molecule has 0 aromatic heterocycles. The predicted molar refractivity (Wildman–Crippen MR) is 56.9 cm³/mol. The number of rotatable bonds is 2. The summed E-state index contributed by atoms with van der Waals surface area (Å²) in [4.78, 5) is 21.8. The van der Waals surface area contributed by atoms with Crippen molar-refractivity contribution in [2.24, 2.45) is 23.2 Å². The fourth-order valence-corrected chi connectivity index (χ4v) is 1.80. The van der Waals surface area contributed by atoms with Gasteiger partial charge in [-0.15, -0.1) is 0 Å². The maximum Gasteiger partial charge on any atom is 0.329 e. The van der Waals surface area contributed by atoms with Crippen LogP contribution >= 0.6 is 0 Å². The van der Waals surface area contributed by atoms with Crippen LogP contribution in [0, 0.1) is 6.42 Å². The standard InChI is InChI=1S/C8H17N6O2/c9-7(15)13(11)5-2-1-3-6(4-5)14(12)8(10)16/h2,5-6H,1,3-4,11-12H2,(H2,9,15)(H2,10,16). The average molecular weight is 229 g/mol. The molecule has 8 heteroatoms. The van der Waals surface area contributed by atoms with Crippen LogP contribution in [0.25, 0.3) is 0 Å². The van der Waals surface area contributed by atoms with E-state index < -0.39 is 12.1 Å². The highest BCUT2D eigenvalue weighted by Crippen LogP contribution is 2.23. The van der Waals surface area contributed by atoms with Gasteiger partial charge in [-0.05, 0) is 25.7 Å². The third-order valence-electron chi connectivity index (χ3n) is 2.71. The van der Waals surface area contributed by atoms with Crippen LogP contribution in [0.2, 0.25) is 0 Å². The van der Waals surface area contributed by atoms with E-state index in [1.165, 1.54) is 0 Å². The van der Waals surface area contributed by atoms with Crippen molar-refractivity contribution >= 4 is 12.1 Å². The van der Waals surface area contributed by atoms with E-state index >= 15 is 0 Å². The van der Waals surface area contributed by atoms with E-state index in [1.807, 2.05) is 6.42 Å². The van der Waals surface area contributed by atoms with Crippen molar-refractivity contribution in [1.82, 2.24) is 10.0 Å². The fraction of sp³-hybridized carbons (Fsp3) is 0.625. The van der Waals surface area contributed by atoms with Crippen LogP contribution in [-0.2, 0) is 0 Å². The molecule has 2 atom stereocenters. The Kier molecular flexibility index (Phi) is 3.91. The molecule has 1 saturated carbocycles. The molecule has 8 nitrogen and oxygen atoms in total. The zero-order valence-electron chi connectivity index (χ0n) is 8.87. The van der Waals surface area contributed by atoms with Gasteiger partial charge in [0.1, 0.15) is 0 Å². The molecule has 0 saturated heterocycles. The molecule has 0 aromatic rings. The first-order chi connectivity index (χ1) is 7.43. The minimum atomic E-state index is -0.718. The van der Waals surface area contributed by atoms with Crippen LogP contribution in [0.3, 0.4) is 0 Å². The van der Waals surface area contributed by atoms with Gasteiger partial charge in [0.05, 0.1) is 12.1 Å². The average Bonchev–Trinajstić information content (AvgIpc) is 2.26. The summed E-state index contributed by atoms with van der Waals surface area (Å²) >= 11 is 0. The number of hydrogen-bond acceptors (Lipinski definition) is 4. The summed E-state index contributed by atoms with van der Waals surface area (Å²) in [5, 5.41) is 1.90. The first kappa shape index (κ1) is 12.5. The molecule has 1 radical (unpaired) electrons. The molecule has 2 unspecified atom stereocenters. The van der Waals surface area contributed by atoms with E-state index in [0.29, 0.717) is 19.3 Å². The first-order valence-electron chi connectivity index (χ1n) is 4.93. The predicted octanol–water partition coefficient (Wildman–Crippen LogP) is -1.38. The number of nitrogens with zero attached hydrogens (tertiary/aromatic N) is 2. The van der Waals surface area contributed by atoms with Gasteiger partial charge >= 0.3 is 12.1 Å². The lowest BCUT2D eigenvalue weighted by Gasteiger charge is -2.36. The number of hydrogen-bond donors (Lipinski definition) is 4. The molecule has 0 bridgehead atoms. The van der Waals surface area contributed by atoms with E-state index in [0.717, 1.165) is 10.0 Å². The highest BCUT2D eigenvalue weighted by atomic mass is 16.2. The largest absolute Gasteiger partial charge is 0.350 e. The normalized spacial score (nSPS) is 24.9. The zero-order chi connectivity index (χ0) is 12.3. The fourth-order valence-electron chi connectivity index (χ4n) is 1.80. The van der Waals surface area contributed by atoms with Crippen molar-refractivity contribution in [3.63, 3.8) is 0 Å². The Labute approximate surface area is 93.4 Å². The Bertz CT molecular complexity index is 258. The molecule has 0 aliphatic heterocycles. The molecule has 1 aliphatic carbocycles. The Hall–Kier alpha value is -1.54. The third-order valence-corrected chi connectivity index (χ3v) is 2.71. The van der Waals surface area contributed by atoms with Gasteiger partial charge in [-0.2, -0.15) is 0 Å². The summed E-state index contributed by atoms with van der Waals surface area (Å²) in [5.41, 5.74) is 10.1. The number of carbonyl (C=O) groups is 2. The summed E-state index contributed by atoms with van der Waals surface area (Å²) in [5.74, 6) is 11.0. The van der Waals surface area contributed by atoms with Crippen LogP contribution in [0.1, 0.15) is 19.3 Å². The minimum absolute atomic E-state index is 0.224. The second kappa shape index (κ2) is 4.99. The first-order valence-corrected chi connectivity index (χ1v) is 4.93. The lowest BCUT2D eigenvalue weighted by molar-refractivity contribution is 0.134. The number of carbonyl (C=O) groups excluding carboxylic acids is 2. The number of amides is 4. The van der Waals surface area contributed by atoms with E-state index in [-0.39, 0.29) is 12.1 Å². The molecular formula is C8H17N6O2. The highest BCUT2D eigenvalue weighted by Gasteiger charge is 2.31. The van der Waals surface area contributed by atoms with Gasteiger partial charge in [-0.25, -0.2) is 21.3 Å². The molecular weight excluding hydrogens is 212 g/mol. The summed E-state index contributed by atoms with van der Waals surface area (Å²) < 4.78 is 0. The molecule has 4 amide bonds. The Morgan fingerprint density at radius 2 is 1.69 bits per heavy atom. The van der Waals surface area contributed by atoms with Crippen molar-refractivity contribution in [2.45, 2.75) is 31.3 Å². The van der Waals surface area contributed by atoms with Gasteiger partial charge in [0, 0.05) is 0 Å². The molecule has 1 fully saturated rings. The highest BCUT2D eigenvalue weighted by molar-refractivity contribution is 5.72. The molecule has 0 aromatic carbocycles. The lowest BCUT2D eigenvalue weighted by Crippen LogP contribution is -2.56. The summed E-state index contributed by atoms with van der Waals surface area (Å²) in [6.45, 7) is 0. The SMILES string of the molecule is NC(=O)N(N)C1[CH]CCC(N(N)C(N)=O)C1. The van der Waals surface area contributed by atoms with Crippen LogP contribution in [0.5, 0.6) is 0 Å². The molecule has 0 heterocycles. The van der Waals surface area contributed by atoms with Crippen LogP contribution in [0.15, 0.2) is 0 Å². The quantitative estimate of drug-likeness (QED) is 0.262. The Morgan fingerprint density at radius 3 is 2.19 bits per heavy atom. The Morgan fingerprint density at radius 1 is 1.12 bits per heavy atom. The monoisotopic (exact) mass is 229 g/mol.